The average Bonchev–Trinajstić information content (AvgIpc) is 2.69. The maximum Gasteiger partial charge on any atom is 0.243 e. The Labute approximate surface area is 178 Å². The molecule has 1 amide bonds. The van der Waals surface area contributed by atoms with Crippen LogP contribution >= 0.6 is 34.8 Å². The molecule has 0 bridgehead atoms. The lowest BCUT2D eigenvalue weighted by Gasteiger charge is -2.11. The van der Waals surface area contributed by atoms with Crippen LogP contribution in [0, 0.1) is 0 Å². The number of ether oxygens (including phenoxy) is 1. The van der Waals surface area contributed by atoms with E-state index in [1.807, 2.05) is 42.5 Å². The molecule has 0 saturated heterocycles. The van der Waals surface area contributed by atoms with Crippen LogP contribution in [0.5, 0.6) is 5.75 Å². The first-order chi connectivity index (χ1) is 13.5. The van der Waals surface area contributed by atoms with Crippen molar-refractivity contribution in [3.63, 3.8) is 0 Å². The van der Waals surface area contributed by atoms with Crippen molar-refractivity contribution in [1.82, 2.24) is 0 Å². The third kappa shape index (κ3) is 5.80. The van der Waals surface area contributed by atoms with Crippen LogP contribution < -0.4 is 15.4 Å². The van der Waals surface area contributed by atoms with E-state index in [-0.39, 0.29) is 12.5 Å². The minimum absolute atomic E-state index is 0.0206. The van der Waals surface area contributed by atoms with E-state index in [4.69, 9.17) is 39.5 Å². The normalized spacial score (nSPS) is 10.4. The molecular weight excluding hydrogens is 419 g/mol. The predicted molar refractivity (Wildman–Crippen MR) is 116 cm³/mol. The lowest BCUT2D eigenvalue weighted by atomic mass is 10.2. The van der Waals surface area contributed by atoms with Crippen LogP contribution in [-0.4, -0.2) is 12.5 Å². The van der Waals surface area contributed by atoms with Crippen molar-refractivity contribution in [1.29, 1.82) is 0 Å². The molecule has 144 valence electrons. The van der Waals surface area contributed by atoms with Crippen LogP contribution in [0.3, 0.4) is 0 Å². The quantitative estimate of drug-likeness (QED) is 0.430. The molecule has 3 aromatic rings. The molecule has 3 rings (SSSR count). The first-order valence-electron chi connectivity index (χ1n) is 8.46. The lowest BCUT2D eigenvalue weighted by molar-refractivity contribution is -0.114. The van der Waals surface area contributed by atoms with Crippen molar-refractivity contribution in [3.05, 3.63) is 87.4 Å². The van der Waals surface area contributed by atoms with Gasteiger partial charge in [0, 0.05) is 11.8 Å². The molecule has 0 aliphatic heterocycles. The molecular formula is C21H17Cl3N2O2. The largest absolute Gasteiger partial charge is 0.489 e. The molecule has 0 atom stereocenters. The van der Waals surface area contributed by atoms with Gasteiger partial charge in [0.05, 0.1) is 27.3 Å². The van der Waals surface area contributed by atoms with Crippen molar-refractivity contribution in [2.24, 2.45) is 0 Å². The Morgan fingerprint density at radius 2 is 1.61 bits per heavy atom. The van der Waals surface area contributed by atoms with Crippen molar-refractivity contribution in [2.75, 3.05) is 17.2 Å². The van der Waals surface area contributed by atoms with Crippen molar-refractivity contribution in [2.45, 2.75) is 6.61 Å². The standard InChI is InChI=1S/C21H17Cl3N2O2/c22-17-10-19(24)20(11-18(17)23)25-12-21(27)26-15-7-4-8-16(9-15)28-13-14-5-2-1-3-6-14/h1-11,25H,12-13H2,(H,26,27). The fourth-order valence-corrected chi connectivity index (χ4v) is 3.06. The number of carbonyl (C=O) groups is 1. The number of carbonyl (C=O) groups excluding carboxylic acids is 1. The number of rotatable bonds is 7. The Morgan fingerprint density at radius 3 is 2.39 bits per heavy atom. The fourth-order valence-electron chi connectivity index (χ4n) is 2.44. The summed E-state index contributed by atoms with van der Waals surface area (Å²) in [5.41, 5.74) is 2.24. The zero-order chi connectivity index (χ0) is 19.9. The maximum atomic E-state index is 12.2. The molecule has 0 aromatic heterocycles. The summed E-state index contributed by atoms with van der Waals surface area (Å²) in [5, 5.41) is 6.86. The average molecular weight is 436 g/mol. The van der Waals surface area contributed by atoms with Gasteiger partial charge < -0.3 is 15.4 Å². The summed E-state index contributed by atoms with van der Waals surface area (Å²) >= 11 is 18.0. The van der Waals surface area contributed by atoms with Crippen molar-refractivity contribution in [3.8, 4) is 5.75 Å². The van der Waals surface area contributed by atoms with Gasteiger partial charge in [0.1, 0.15) is 12.4 Å². The molecule has 0 spiro atoms. The molecule has 0 fully saturated rings. The van der Waals surface area contributed by atoms with Gasteiger partial charge in [-0.15, -0.1) is 0 Å². The second kappa shape index (κ2) is 9.69. The van der Waals surface area contributed by atoms with E-state index in [0.717, 1.165) is 5.56 Å². The predicted octanol–water partition coefficient (Wildman–Crippen LogP) is 6.28. The van der Waals surface area contributed by atoms with Gasteiger partial charge in [-0.25, -0.2) is 0 Å². The van der Waals surface area contributed by atoms with E-state index >= 15 is 0 Å². The van der Waals surface area contributed by atoms with E-state index in [2.05, 4.69) is 10.6 Å². The minimum atomic E-state index is -0.234. The summed E-state index contributed by atoms with van der Waals surface area (Å²) in [4.78, 5) is 12.2. The Morgan fingerprint density at radius 1 is 0.857 bits per heavy atom. The summed E-state index contributed by atoms with van der Waals surface area (Å²) in [6, 6.07) is 20.2. The first kappa shape index (κ1) is 20.3. The zero-order valence-electron chi connectivity index (χ0n) is 14.7. The number of anilines is 2. The third-order valence-corrected chi connectivity index (χ3v) is 4.85. The SMILES string of the molecule is O=C(CNc1cc(Cl)c(Cl)cc1Cl)Nc1cccc(OCc2ccccc2)c1. The summed E-state index contributed by atoms with van der Waals surface area (Å²) in [7, 11) is 0. The van der Waals surface area contributed by atoms with E-state index in [0.29, 0.717) is 38.8 Å². The van der Waals surface area contributed by atoms with Crippen molar-refractivity contribution >= 4 is 52.1 Å². The number of nitrogens with one attached hydrogen (secondary N) is 2. The van der Waals surface area contributed by atoms with Gasteiger partial charge in [-0.05, 0) is 29.8 Å². The smallest absolute Gasteiger partial charge is 0.243 e. The van der Waals surface area contributed by atoms with Crippen LogP contribution in [0.4, 0.5) is 11.4 Å². The maximum absolute atomic E-state index is 12.2. The highest BCUT2D eigenvalue weighted by molar-refractivity contribution is 6.44. The number of halogens is 3. The molecule has 2 N–H and O–H groups in total. The molecule has 0 heterocycles. The van der Waals surface area contributed by atoms with Crippen LogP contribution in [-0.2, 0) is 11.4 Å². The molecule has 0 saturated carbocycles. The Balaban J connectivity index is 1.55. The molecule has 7 heteroatoms. The fraction of sp³-hybridized carbons (Fsp3) is 0.0952. The van der Waals surface area contributed by atoms with Crippen LogP contribution in [0.25, 0.3) is 0 Å². The van der Waals surface area contributed by atoms with E-state index in [1.165, 1.54) is 6.07 Å². The Kier molecular flexibility index (Phi) is 7.04. The summed E-state index contributed by atoms with van der Waals surface area (Å²) in [6.45, 7) is 0.475. The van der Waals surface area contributed by atoms with Gasteiger partial charge in [-0.1, -0.05) is 71.2 Å². The number of amides is 1. The van der Waals surface area contributed by atoms with E-state index < -0.39 is 0 Å². The first-order valence-corrected chi connectivity index (χ1v) is 9.60. The van der Waals surface area contributed by atoms with Crippen LogP contribution in [0.15, 0.2) is 66.7 Å². The van der Waals surface area contributed by atoms with Gasteiger partial charge in [-0.3, -0.25) is 4.79 Å². The Bertz CT molecular complexity index is 965. The monoisotopic (exact) mass is 434 g/mol. The Hall–Kier alpha value is -2.40. The molecule has 0 unspecified atom stereocenters. The third-order valence-electron chi connectivity index (χ3n) is 3.82. The van der Waals surface area contributed by atoms with Crippen LogP contribution in [0.2, 0.25) is 15.1 Å². The van der Waals surface area contributed by atoms with E-state index in [9.17, 15) is 4.79 Å². The highest BCUT2D eigenvalue weighted by atomic mass is 35.5. The summed E-state index contributed by atoms with van der Waals surface area (Å²) in [5.74, 6) is 0.435. The lowest BCUT2D eigenvalue weighted by Crippen LogP contribution is -2.21. The topological polar surface area (TPSA) is 50.4 Å². The highest BCUT2D eigenvalue weighted by Crippen LogP contribution is 2.32. The van der Waals surface area contributed by atoms with E-state index in [1.54, 1.807) is 18.2 Å². The minimum Gasteiger partial charge on any atom is -0.489 e. The van der Waals surface area contributed by atoms with Crippen molar-refractivity contribution < 1.29 is 9.53 Å². The van der Waals surface area contributed by atoms with Gasteiger partial charge in [0.15, 0.2) is 0 Å². The number of hydrogen-bond donors (Lipinski definition) is 2. The summed E-state index contributed by atoms with van der Waals surface area (Å²) < 4.78 is 5.77. The highest BCUT2D eigenvalue weighted by Gasteiger charge is 2.08. The van der Waals surface area contributed by atoms with Gasteiger partial charge in [0.2, 0.25) is 5.91 Å². The summed E-state index contributed by atoms with van der Waals surface area (Å²) in [6.07, 6.45) is 0. The molecule has 0 aliphatic rings. The van der Waals surface area contributed by atoms with Gasteiger partial charge in [-0.2, -0.15) is 0 Å². The second-order valence-electron chi connectivity index (χ2n) is 5.95. The van der Waals surface area contributed by atoms with Gasteiger partial charge >= 0.3 is 0 Å². The second-order valence-corrected chi connectivity index (χ2v) is 7.17. The molecule has 0 aliphatic carbocycles. The van der Waals surface area contributed by atoms with Gasteiger partial charge in [0.25, 0.3) is 0 Å². The number of hydrogen-bond acceptors (Lipinski definition) is 3. The van der Waals surface area contributed by atoms with Crippen LogP contribution in [0.1, 0.15) is 5.56 Å². The molecule has 28 heavy (non-hydrogen) atoms. The number of benzene rings is 3. The molecule has 0 radical (unpaired) electrons. The molecule has 3 aromatic carbocycles. The zero-order valence-corrected chi connectivity index (χ0v) is 17.0. The molecule has 4 nitrogen and oxygen atoms in total.